The monoisotopic (exact) mass is 320 g/mol. The first-order valence-electron chi connectivity index (χ1n) is 6.67. The zero-order valence-electron chi connectivity index (χ0n) is 11.3. The molecule has 1 aliphatic rings. The molecule has 21 heavy (non-hydrogen) atoms. The summed E-state index contributed by atoms with van der Waals surface area (Å²) >= 11 is 12.0. The van der Waals surface area contributed by atoms with E-state index < -0.39 is 0 Å². The first-order chi connectivity index (χ1) is 10.1. The van der Waals surface area contributed by atoms with Crippen LogP contribution in [0.15, 0.2) is 36.4 Å². The summed E-state index contributed by atoms with van der Waals surface area (Å²) in [5.41, 5.74) is 9.49. The fraction of sp³-hybridized carbons (Fsp3) is 0.188. The second kappa shape index (κ2) is 5.58. The normalized spacial score (nSPS) is 13.9. The molecular formula is C16H14Cl2N2O. The molecular weight excluding hydrogens is 307 g/mol. The molecule has 0 aromatic heterocycles. The summed E-state index contributed by atoms with van der Waals surface area (Å²) in [5, 5.41) is 0.902. The topological polar surface area (TPSA) is 46.3 Å². The second-order valence-electron chi connectivity index (χ2n) is 5.09. The van der Waals surface area contributed by atoms with E-state index in [1.54, 1.807) is 23.1 Å². The van der Waals surface area contributed by atoms with Crippen LogP contribution in [0.25, 0.3) is 0 Å². The van der Waals surface area contributed by atoms with Crippen LogP contribution in [0.5, 0.6) is 0 Å². The molecule has 3 rings (SSSR count). The molecule has 0 bridgehead atoms. The van der Waals surface area contributed by atoms with Gasteiger partial charge in [-0.15, -0.1) is 0 Å². The molecule has 108 valence electrons. The number of anilines is 1. The number of nitrogen functional groups attached to an aromatic ring is 1. The summed E-state index contributed by atoms with van der Waals surface area (Å²) in [6.07, 6.45) is 0.763. The highest BCUT2D eigenvalue weighted by Gasteiger charge is 2.24. The van der Waals surface area contributed by atoms with E-state index in [9.17, 15) is 4.79 Å². The van der Waals surface area contributed by atoms with Gasteiger partial charge in [0.15, 0.2) is 0 Å². The number of halogens is 2. The average molecular weight is 321 g/mol. The third-order valence-corrected chi connectivity index (χ3v) is 4.30. The maximum absolute atomic E-state index is 12.6. The van der Waals surface area contributed by atoms with Crippen molar-refractivity contribution in [2.24, 2.45) is 0 Å². The highest BCUT2D eigenvalue weighted by molar-refractivity contribution is 6.36. The number of hydrogen-bond acceptors (Lipinski definition) is 2. The lowest BCUT2D eigenvalue weighted by Crippen LogP contribution is -2.36. The number of nitrogens with two attached hydrogens (primary N) is 1. The standard InChI is InChI=1S/C16H14Cl2N2O/c17-11-4-5-13(14(18)8-11)16(21)20-7-6-12-10(9-20)2-1-3-15(12)19/h1-5,8H,6-7,9,19H2. The lowest BCUT2D eigenvalue weighted by molar-refractivity contribution is 0.0735. The number of carbonyl (C=O) groups is 1. The van der Waals surface area contributed by atoms with Crippen LogP contribution in [-0.4, -0.2) is 17.4 Å². The van der Waals surface area contributed by atoms with Crippen molar-refractivity contribution in [2.45, 2.75) is 13.0 Å². The molecule has 0 radical (unpaired) electrons. The third-order valence-electron chi connectivity index (χ3n) is 3.75. The summed E-state index contributed by atoms with van der Waals surface area (Å²) < 4.78 is 0. The third kappa shape index (κ3) is 2.71. The molecule has 2 aromatic rings. The van der Waals surface area contributed by atoms with Crippen LogP contribution in [0.2, 0.25) is 10.0 Å². The number of benzene rings is 2. The number of rotatable bonds is 1. The van der Waals surface area contributed by atoms with Crippen molar-refractivity contribution in [3.05, 3.63) is 63.1 Å². The van der Waals surface area contributed by atoms with E-state index in [2.05, 4.69) is 0 Å². The minimum Gasteiger partial charge on any atom is -0.398 e. The maximum Gasteiger partial charge on any atom is 0.255 e. The lowest BCUT2D eigenvalue weighted by Gasteiger charge is -2.30. The van der Waals surface area contributed by atoms with E-state index in [0.717, 1.165) is 23.2 Å². The second-order valence-corrected chi connectivity index (χ2v) is 5.93. The van der Waals surface area contributed by atoms with Gasteiger partial charge in [0.05, 0.1) is 10.6 Å². The molecule has 5 heteroatoms. The van der Waals surface area contributed by atoms with Gasteiger partial charge in [0.2, 0.25) is 0 Å². The first kappa shape index (κ1) is 14.2. The number of hydrogen-bond donors (Lipinski definition) is 1. The summed E-state index contributed by atoms with van der Waals surface area (Å²) in [5.74, 6) is -0.0789. The zero-order chi connectivity index (χ0) is 15.0. The Balaban J connectivity index is 1.87. The average Bonchev–Trinajstić information content (AvgIpc) is 2.46. The van der Waals surface area contributed by atoms with Gasteiger partial charge in [0.1, 0.15) is 0 Å². The van der Waals surface area contributed by atoms with Gasteiger partial charge in [0, 0.05) is 23.8 Å². The van der Waals surface area contributed by atoms with E-state index in [0.29, 0.717) is 28.7 Å². The molecule has 1 aliphatic heterocycles. The Bertz CT molecular complexity index is 715. The molecule has 0 saturated carbocycles. The Labute approximate surface area is 133 Å². The SMILES string of the molecule is Nc1cccc2c1CCN(C(=O)c1ccc(Cl)cc1Cl)C2. The van der Waals surface area contributed by atoms with Crippen molar-refractivity contribution in [1.82, 2.24) is 4.90 Å². The van der Waals surface area contributed by atoms with Crippen LogP contribution >= 0.6 is 23.2 Å². The van der Waals surface area contributed by atoms with Crippen LogP contribution in [0, 0.1) is 0 Å². The highest BCUT2D eigenvalue weighted by atomic mass is 35.5. The van der Waals surface area contributed by atoms with Crippen LogP contribution in [0.4, 0.5) is 5.69 Å². The van der Waals surface area contributed by atoms with E-state index in [1.165, 1.54) is 0 Å². The fourth-order valence-electron chi connectivity index (χ4n) is 2.65. The van der Waals surface area contributed by atoms with Crippen molar-refractivity contribution in [1.29, 1.82) is 0 Å². The molecule has 0 fully saturated rings. The summed E-state index contributed by atoms with van der Waals surface area (Å²) in [6, 6.07) is 10.8. The van der Waals surface area contributed by atoms with Gasteiger partial charge >= 0.3 is 0 Å². The fourth-order valence-corrected chi connectivity index (χ4v) is 3.13. The number of carbonyl (C=O) groups excluding carboxylic acids is 1. The molecule has 0 aliphatic carbocycles. The van der Waals surface area contributed by atoms with Crippen LogP contribution in [0.1, 0.15) is 21.5 Å². The number of fused-ring (bicyclic) bond motifs is 1. The minimum absolute atomic E-state index is 0.0789. The van der Waals surface area contributed by atoms with Gasteiger partial charge in [-0.2, -0.15) is 0 Å². The summed E-state index contributed by atoms with van der Waals surface area (Å²) in [4.78, 5) is 14.4. The summed E-state index contributed by atoms with van der Waals surface area (Å²) in [6.45, 7) is 1.19. The molecule has 0 unspecified atom stereocenters. The Kier molecular flexibility index (Phi) is 3.79. The number of amides is 1. The molecule has 0 spiro atoms. The van der Waals surface area contributed by atoms with Crippen LogP contribution < -0.4 is 5.73 Å². The van der Waals surface area contributed by atoms with E-state index >= 15 is 0 Å². The molecule has 2 N–H and O–H groups in total. The smallest absolute Gasteiger partial charge is 0.255 e. The van der Waals surface area contributed by atoms with E-state index in [4.69, 9.17) is 28.9 Å². The van der Waals surface area contributed by atoms with Crippen molar-refractivity contribution in [3.8, 4) is 0 Å². The van der Waals surface area contributed by atoms with Gasteiger partial charge < -0.3 is 10.6 Å². The Morgan fingerprint density at radius 1 is 1.19 bits per heavy atom. The van der Waals surface area contributed by atoms with Gasteiger partial charge in [-0.3, -0.25) is 4.79 Å². The minimum atomic E-state index is -0.0789. The Morgan fingerprint density at radius 2 is 2.00 bits per heavy atom. The van der Waals surface area contributed by atoms with Gasteiger partial charge in [-0.1, -0.05) is 35.3 Å². The molecule has 1 heterocycles. The highest BCUT2D eigenvalue weighted by Crippen LogP contribution is 2.27. The van der Waals surface area contributed by atoms with E-state index in [1.807, 2.05) is 18.2 Å². The molecule has 3 nitrogen and oxygen atoms in total. The Morgan fingerprint density at radius 3 is 2.76 bits per heavy atom. The van der Waals surface area contributed by atoms with Gasteiger partial charge in [-0.25, -0.2) is 0 Å². The van der Waals surface area contributed by atoms with Gasteiger partial charge in [0.25, 0.3) is 5.91 Å². The summed E-state index contributed by atoms with van der Waals surface area (Å²) in [7, 11) is 0. The molecule has 1 amide bonds. The van der Waals surface area contributed by atoms with E-state index in [-0.39, 0.29) is 5.91 Å². The predicted molar refractivity (Wildman–Crippen MR) is 85.8 cm³/mol. The Hall–Kier alpha value is -1.71. The largest absolute Gasteiger partial charge is 0.398 e. The lowest BCUT2D eigenvalue weighted by atomic mass is 9.97. The maximum atomic E-state index is 12.6. The van der Waals surface area contributed by atoms with Crippen molar-refractivity contribution < 1.29 is 4.79 Å². The zero-order valence-corrected chi connectivity index (χ0v) is 12.8. The number of nitrogens with zero attached hydrogens (tertiary/aromatic N) is 1. The van der Waals surface area contributed by atoms with Crippen molar-refractivity contribution >= 4 is 34.8 Å². The van der Waals surface area contributed by atoms with Crippen molar-refractivity contribution in [3.63, 3.8) is 0 Å². The molecule has 0 atom stereocenters. The first-order valence-corrected chi connectivity index (χ1v) is 7.42. The molecule has 0 saturated heterocycles. The van der Waals surface area contributed by atoms with Crippen molar-refractivity contribution in [2.75, 3.05) is 12.3 Å². The predicted octanol–water partition coefficient (Wildman–Crippen LogP) is 3.77. The van der Waals surface area contributed by atoms with Gasteiger partial charge in [-0.05, 0) is 41.8 Å². The van der Waals surface area contributed by atoms with Crippen LogP contribution in [-0.2, 0) is 13.0 Å². The van der Waals surface area contributed by atoms with Crippen LogP contribution in [0.3, 0.4) is 0 Å². The quantitative estimate of drug-likeness (QED) is 0.813. The molecule has 2 aromatic carbocycles.